The molecule has 6 heteroatoms. The van der Waals surface area contributed by atoms with Crippen LogP contribution in [0, 0.1) is 6.92 Å². The topological polar surface area (TPSA) is 72.2 Å². The van der Waals surface area contributed by atoms with Gasteiger partial charge in [-0.25, -0.2) is 0 Å². The maximum absolute atomic E-state index is 11.8. The fourth-order valence-electron chi connectivity index (χ4n) is 1.96. The summed E-state index contributed by atoms with van der Waals surface area (Å²) in [6.45, 7) is 2.00. The SMILES string of the molecule is Cc1ccc(-c2nn(C)cc2CS(=O)CC(=O)O)cc1. The number of nitrogens with zero attached hydrogens (tertiary/aromatic N) is 2. The van der Waals surface area contributed by atoms with E-state index in [0.717, 1.165) is 22.4 Å². The van der Waals surface area contributed by atoms with E-state index in [-0.39, 0.29) is 11.5 Å². The molecule has 0 saturated heterocycles. The zero-order chi connectivity index (χ0) is 14.7. The van der Waals surface area contributed by atoms with Crippen molar-refractivity contribution in [3.05, 3.63) is 41.6 Å². The highest BCUT2D eigenvalue weighted by Crippen LogP contribution is 2.23. The number of aliphatic carboxylic acids is 1. The Bertz CT molecular complexity index is 647. The van der Waals surface area contributed by atoms with Crippen LogP contribution in [0.15, 0.2) is 30.5 Å². The first kappa shape index (κ1) is 14.5. The molecule has 106 valence electrons. The van der Waals surface area contributed by atoms with Crippen LogP contribution in [0.5, 0.6) is 0 Å². The third kappa shape index (κ3) is 3.54. The Balaban J connectivity index is 2.28. The van der Waals surface area contributed by atoms with Crippen LogP contribution in [-0.4, -0.2) is 30.8 Å². The van der Waals surface area contributed by atoms with Crippen molar-refractivity contribution in [2.75, 3.05) is 5.75 Å². The van der Waals surface area contributed by atoms with E-state index in [9.17, 15) is 9.00 Å². The third-order valence-electron chi connectivity index (χ3n) is 2.83. The van der Waals surface area contributed by atoms with Crippen molar-refractivity contribution >= 4 is 16.8 Å². The van der Waals surface area contributed by atoms with Crippen LogP contribution < -0.4 is 0 Å². The molecule has 0 spiro atoms. The molecular formula is C14H16N2O3S. The van der Waals surface area contributed by atoms with Gasteiger partial charge in [0.1, 0.15) is 5.75 Å². The highest BCUT2D eigenvalue weighted by Gasteiger charge is 2.14. The number of hydrogen-bond acceptors (Lipinski definition) is 3. The summed E-state index contributed by atoms with van der Waals surface area (Å²) in [5.41, 5.74) is 3.65. The number of rotatable bonds is 5. The minimum absolute atomic E-state index is 0.198. The fraction of sp³-hybridized carbons (Fsp3) is 0.286. The molecule has 0 amide bonds. The van der Waals surface area contributed by atoms with Gasteiger partial charge >= 0.3 is 5.97 Å². The molecule has 1 aromatic carbocycles. The summed E-state index contributed by atoms with van der Waals surface area (Å²) >= 11 is 0. The minimum Gasteiger partial charge on any atom is -0.481 e. The van der Waals surface area contributed by atoms with Gasteiger partial charge in [0.2, 0.25) is 0 Å². The van der Waals surface area contributed by atoms with E-state index in [2.05, 4.69) is 5.10 Å². The maximum Gasteiger partial charge on any atom is 0.316 e. The van der Waals surface area contributed by atoms with E-state index in [4.69, 9.17) is 5.11 Å². The van der Waals surface area contributed by atoms with Gasteiger partial charge in [-0.3, -0.25) is 13.7 Å². The summed E-state index contributed by atoms with van der Waals surface area (Å²) in [5, 5.41) is 13.0. The van der Waals surface area contributed by atoms with E-state index < -0.39 is 16.8 Å². The number of aryl methyl sites for hydroxylation is 2. The van der Waals surface area contributed by atoms with Crippen LogP contribution in [0.4, 0.5) is 0 Å². The lowest BCUT2D eigenvalue weighted by Gasteiger charge is -2.02. The highest BCUT2D eigenvalue weighted by molar-refractivity contribution is 7.84. The summed E-state index contributed by atoms with van der Waals surface area (Å²) in [4.78, 5) is 10.6. The second-order valence-corrected chi connectivity index (χ2v) is 6.12. The van der Waals surface area contributed by atoms with Crippen molar-refractivity contribution in [2.24, 2.45) is 7.05 Å². The Morgan fingerprint density at radius 2 is 2.00 bits per heavy atom. The van der Waals surface area contributed by atoms with E-state index in [0.29, 0.717) is 0 Å². The van der Waals surface area contributed by atoms with Gasteiger partial charge in [0.15, 0.2) is 0 Å². The summed E-state index contributed by atoms with van der Waals surface area (Å²) in [6.07, 6.45) is 1.79. The van der Waals surface area contributed by atoms with Crippen molar-refractivity contribution in [3.8, 4) is 11.3 Å². The molecule has 0 bridgehead atoms. The van der Waals surface area contributed by atoms with Crippen LogP contribution in [0.3, 0.4) is 0 Å². The Morgan fingerprint density at radius 3 is 2.60 bits per heavy atom. The van der Waals surface area contributed by atoms with Gasteiger partial charge in [-0.15, -0.1) is 0 Å². The maximum atomic E-state index is 11.8. The lowest BCUT2D eigenvalue weighted by molar-refractivity contribution is -0.133. The van der Waals surface area contributed by atoms with Gasteiger partial charge in [0.25, 0.3) is 0 Å². The quantitative estimate of drug-likeness (QED) is 0.911. The van der Waals surface area contributed by atoms with Crippen molar-refractivity contribution in [1.82, 2.24) is 9.78 Å². The molecule has 0 fully saturated rings. The van der Waals surface area contributed by atoms with Gasteiger partial charge in [-0.05, 0) is 6.92 Å². The molecule has 0 aliphatic carbocycles. The van der Waals surface area contributed by atoms with Crippen molar-refractivity contribution < 1.29 is 14.1 Å². The smallest absolute Gasteiger partial charge is 0.316 e. The molecule has 1 aromatic heterocycles. The van der Waals surface area contributed by atoms with Gasteiger partial charge in [-0.2, -0.15) is 5.10 Å². The first-order chi connectivity index (χ1) is 9.45. The minimum atomic E-state index is -1.43. The monoisotopic (exact) mass is 292 g/mol. The van der Waals surface area contributed by atoms with E-state index in [1.54, 1.807) is 17.9 Å². The molecule has 1 N–H and O–H groups in total. The van der Waals surface area contributed by atoms with Crippen LogP contribution in [0.25, 0.3) is 11.3 Å². The lowest BCUT2D eigenvalue weighted by atomic mass is 10.1. The van der Waals surface area contributed by atoms with Gasteiger partial charge in [0.05, 0.1) is 11.4 Å². The number of benzene rings is 1. The molecule has 1 atom stereocenters. The third-order valence-corrected chi connectivity index (χ3v) is 4.03. The number of hydrogen-bond donors (Lipinski definition) is 1. The average Bonchev–Trinajstić information content (AvgIpc) is 2.70. The van der Waals surface area contributed by atoms with Crippen LogP contribution >= 0.6 is 0 Å². The second-order valence-electron chi connectivity index (χ2n) is 4.66. The first-order valence-corrected chi connectivity index (χ1v) is 7.61. The molecule has 2 aromatic rings. The summed E-state index contributed by atoms with van der Waals surface area (Å²) in [7, 11) is 0.364. The molecule has 0 aliphatic rings. The predicted octanol–water partition coefficient (Wildman–Crippen LogP) is 1.73. The molecule has 1 unspecified atom stereocenters. The number of carbonyl (C=O) groups is 1. The molecule has 0 radical (unpaired) electrons. The zero-order valence-corrected chi connectivity index (χ0v) is 12.2. The number of carboxylic acids is 1. The average molecular weight is 292 g/mol. The predicted molar refractivity (Wildman–Crippen MR) is 77.7 cm³/mol. The van der Waals surface area contributed by atoms with Crippen LogP contribution in [0.1, 0.15) is 11.1 Å². The molecule has 20 heavy (non-hydrogen) atoms. The number of aromatic nitrogens is 2. The van der Waals surface area contributed by atoms with Crippen molar-refractivity contribution in [1.29, 1.82) is 0 Å². The largest absolute Gasteiger partial charge is 0.481 e. The Hall–Kier alpha value is -1.95. The van der Waals surface area contributed by atoms with E-state index in [1.165, 1.54) is 0 Å². The molecule has 5 nitrogen and oxygen atoms in total. The summed E-state index contributed by atoms with van der Waals surface area (Å²) in [6, 6.07) is 7.90. The highest BCUT2D eigenvalue weighted by atomic mass is 32.2. The Labute approximate surface area is 119 Å². The summed E-state index contributed by atoms with van der Waals surface area (Å²) < 4.78 is 13.4. The lowest BCUT2D eigenvalue weighted by Crippen LogP contribution is -2.10. The zero-order valence-electron chi connectivity index (χ0n) is 11.4. The molecule has 2 rings (SSSR count). The first-order valence-electron chi connectivity index (χ1n) is 6.12. The van der Waals surface area contributed by atoms with E-state index >= 15 is 0 Å². The fourth-order valence-corrected chi connectivity index (χ4v) is 2.90. The Morgan fingerprint density at radius 1 is 1.35 bits per heavy atom. The standard InChI is InChI=1S/C14H16N2O3S/c1-10-3-5-11(6-4-10)14-12(7-16(2)15-14)8-20(19)9-13(17)18/h3-7H,8-9H2,1-2H3,(H,17,18). The van der Waals surface area contributed by atoms with Gasteiger partial charge < -0.3 is 5.11 Å². The Kier molecular flexibility index (Phi) is 4.34. The van der Waals surface area contributed by atoms with Crippen LogP contribution in [0.2, 0.25) is 0 Å². The molecular weight excluding hydrogens is 276 g/mol. The van der Waals surface area contributed by atoms with Gasteiger partial charge in [0, 0.05) is 35.2 Å². The number of carboxylic acid groups (broad SMARTS) is 1. The molecule has 0 aliphatic heterocycles. The molecule has 1 heterocycles. The molecule has 0 saturated carbocycles. The summed E-state index contributed by atoms with van der Waals surface area (Å²) in [5.74, 6) is -1.20. The van der Waals surface area contributed by atoms with Crippen LogP contribution in [-0.2, 0) is 28.4 Å². The van der Waals surface area contributed by atoms with Crippen molar-refractivity contribution in [3.63, 3.8) is 0 Å². The van der Waals surface area contributed by atoms with Crippen molar-refractivity contribution in [2.45, 2.75) is 12.7 Å². The van der Waals surface area contributed by atoms with Gasteiger partial charge in [-0.1, -0.05) is 29.8 Å². The van der Waals surface area contributed by atoms with E-state index in [1.807, 2.05) is 31.2 Å². The normalized spacial score (nSPS) is 12.3. The second kappa shape index (κ2) is 6.00.